The van der Waals surface area contributed by atoms with E-state index in [0.717, 1.165) is 26.1 Å². The molecule has 0 aliphatic carbocycles. The molecule has 0 spiro atoms. The molecule has 0 saturated carbocycles. The zero-order valence-corrected chi connectivity index (χ0v) is 19.9. The van der Waals surface area contributed by atoms with Crippen molar-refractivity contribution in [1.29, 1.82) is 0 Å². The molecule has 0 unspecified atom stereocenters. The quantitative estimate of drug-likeness (QED) is 0.224. The maximum Gasteiger partial charge on any atom is 0.191 e. The topological polar surface area (TPSA) is 73.8 Å². The minimum absolute atomic E-state index is 0. The van der Waals surface area contributed by atoms with Crippen molar-refractivity contribution in [2.45, 2.75) is 38.5 Å². The van der Waals surface area contributed by atoms with E-state index < -0.39 is 9.84 Å². The van der Waals surface area contributed by atoms with Crippen LogP contribution in [0, 0.1) is 5.82 Å². The smallest absolute Gasteiger partial charge is 0.191 e. The highest BCUT2D eigenvalue weighted by molar-refractivity contribution is 14.0. The normalized spacial score (nSPS) is 15.3. The first-order chi connectivity index (χ1) is 12.9. The Labute approximate surface area is 185 Å². The highest BCUT2D eigenvalue weighted by atomic mass is 127. The molecular formula is C19H32FIN4O2S. The number of guanidine groups is 1. The van der Waals surface area contributed by atoms with Gasteiger partial charge in [0.15, 0.2) is 15.8 Å². The van der Waals surface area contributed by atoms with Crippen molar-refractivity contribution in [3.63, 3.8) is 0 Å². The molecule has 0 bridgehead atoms. The van der Waals surface area contributed by atoms with Crippen molar-refractivity contribution in [3.8, 4) is 0 Å². The molecule has 1 heterocycles. The van der Waals surface area contributed by atoms with Crippen LogP contribution in [-0.2, 0) is 22.1 Å². The van der Waals surface area contributed by atoms with Crippen molar-refractivity contribution in [2.24, 2.45) is 4.99 Å². The van der Waals surface area contributed by atoms with Crippen LogP contribution in [0.1, 0.15) is 37.3 Å². The summed E-state index contributed by atoms with van der Waals surface area (Å²) in [6, 6.07) is 4.17. The van der Waals surface area contributed by atoms with Gasteiger partial charge in [0.05, 0.1) is 12.3 Å². The Balaban J connectivity index is 0.00000392. The summed E-state index contributed by atoms with van der Waals surface area (Å²) < 4.78 is 36.8. The van der Waals surface area contributed by atoms with E-state index in [4.69, 9.17) is 0 Å². The monoisotopic (exact) mass is 526 g/mol. The minimum atomic E-state index is -3.19. The van der Waals surface area contributed by atoms with Crippen LogP contribution in [0.5, 0.6) is 0 Å². The van der Waals surface area contributed by atoms with Gasteiger partial charge in [-0.1, -0.05) is 6.07 Å². The van der Waals surface area contributed by atoms with Gasteiger partial charge in [-0.05, 0) is 69.1 Å². The van der Waals surface area contributed by atoms with Crippen molar-refractivity contribution >= 4 is 39.8 Å². The molecule has 2 rings (SSSR count). The van der Waals surface area contributed by atoms with Crippen LogP contribution in [0.4, 0.5) is 4.39 Å². The summed E-state index contributed by atoms with van der Waals surface area (Å²) in [5, 5.41) is 6.47. The van der Waals surface area contributed by atoms with Crippen molar-refractivity contribution in [1.82, 2.24) is 15.5 Å². The van der Waals surface area contributed by atoms with Crippen LogP contribution in [0.25, 0.3) is 0 Å². The SMILES string of the molecule is CCNC(=NCc1cc(F)ccc1CS(C)(=O)=O)NCCCN1CCCC1.I. The lowest BCUT2D eigenvalue weighted by Crippen LogP contribution is -2.38. The molecule has 1 aliphatic rings. The molecule has 1 aliphatic heterocycles. The first-order valence-electron chi connectivity index (χ1n) is 9.57. The maximum atomic E-state index is 13.6. The zero-order chi connectivity index (χ0) is 19.7. The molecule has 1 aromatic carbocycles. The van der Waals surface area contributed by atoms with E-state index in [9.17, 15) is 12.8 Å². The number of benzene rings is 1. The number of rotatable bonds is 9. The van der Waals surface area contributed by atoms with Gasteiger partial charge in [-0.15, -0.1) is 24.0 Å². The van der Waals surface area contributed by atoms with Crippen LogP contribution in [0.2, 0.25) is 0 Å². The molecule has 0 atom stereocenters. The third-order valence-corrected chi connectivity index (χ3v) is 5.32. The van der Waals surface area contributed by atoms with Gasteiger partial charge in [0, 0.05) is 19.3 Å². The standard InChI is InChI=1S/C19H31FN4O2S.HI/c1-3-21-19(22-9-6-12-24-10-4-5-11-24)23-14-17-13-18(20)8-7-16(17)15-27(2,25)26;/h7-8,13H,3-6,9-12,14-15H2,1-2H3,(H2,21,22,23);1H. The van der Waals surface area contributed by atoms with E-state index in [0.29, 0.717) is 17.1 Å². The molecule has 1 saturated heterocycles. The molecular weight excluding hydrogens is 494 g/mol. The first kappa shape index (κ1) is 25.1. The predicted molar refractivity (Wildman–Crippen MR) is 123 cm³/mol. The van der Waals surface area contributed by atoms with Crippen LogP contribution in [-0.4, -0.2) is 58.3 Å². The van der Waals surface area contributed by atoms with E-state index in [1.165, 1.54) is 50.4 Å². The lowest BCUT2D eigenvalue weighted by atomic mass is 10.1. The molecule has 9 heteroatoms. The summed E-state index contributed by atoms with van der Waals surface area (Å²) in [7, 11) is -3.19. The number of halogens is 2. The van der Waals surface area contributed by atoms with E-state index in [1.54, 1.807) is 0 Å². The van der Waals surface area contributed by atoms with Crippen molar-refractivity contribution in [3.05, 3.63) is 35.1 Å². The second-order valence-corrected chi connectivity index (χ2v) is 9.15. The summed E-state index contributed by atoms with van der Waals surface area (Å²) in [4.78, 5) is 6.97. The number of likely N-dealkylation sites (tertiary alicyclic amines) is 1. The molecule has 0 amide bonds. The molecule has 28 heavy (non-hydrogen) atoms. The Morgan fingerprint density at radius 1 is 1.21 bits per heavy atom. The number of aliphatic imine (C=N–C) groups is 1. The molecule has 1 aromatic rings. The third kappa shape index (κ3) is 9.51. The third-order valence-electron chi connectivity index (χ3n) is 4.48. The van der Waals surface area contributed by atoms with Gasteiger partial charge in [0.2, 0.25) is 0 Å². The largest absolute Gasteiger partial charge is 0.357 e. The zero-order valence-electron chi connectivity index (χ0n) is 16.7. The Kier molecular flexibility index (Phi) is 11.3. The first-order valence-corrected chi connectivity index (χ1v) is 11.6. The van der Waals surface area contributed by atoms with Crippen LogP contribution in [0.15, 0.2) is 23.2 Å². The average molecular weight is 526 g/mol. The lowest BCUT2D eigenvalue weighted by molar-refractivity contribution is 0.334. The summed E-state index contributed by atoms with van der Waals surface area (Å²) in [6.07, 6.45) is 4.79. The number of hydrogen-bond acceptors (Lipinski definition) is 4. The summed E-state index contributed by atoms with van der Waals surface area (Å²) >= 11 is 0. The molecule has 0 radical (unpaired) electrons. The Bertz CT molecular complexity index is 737. The fourth-order valence-corrected chi connectivity index (χ4v) is 4.03. The summed E-state index contributed by atoms with van der Waals surface area (Å²) in [6.45, 7) is 7.20. The molecule has 0 aromatic heterocycles. The fourth-order valence-electron chi connectivity index (χ4n) is 3.19. The van der Waals surface area contributed by atoms with Gasteiger partial charge in [0.1, 0.15) is 5.82 Å². The van der Waals surface area contributed by atoms with Crippen molar-refractivity contribution < 1.29 is 12.8 Å². The average Bonchev–Trinajstić information content (AvgIpc) is 3.10. The van der Waals surface area contributed by atoms with Crippen LogP contribution >= 0.6 is 24.0 Å². The van der Waals surface area contributed by atoms with Gasteiger partial charge in [0.25, 0.3) is 0 Å². The van der Waals surface area contributed by atoms with E-state index >= 15 is 0 Å². The summed E-state index contributed by atoms with van der Waals surface area (Å²) in [5.41, 5.74) is 1.18. The van der Waals surface area contributed by atoms with Crippen molar-refractivity contribution in [2.75, 3.05) is 39.0 Å². The molecule has 1 fully saturated rings. The van der Waals surface area contributed by atoms with Crippen LogP contribution in [0.3, 0.4) is 0 Å². The second-order valence-electron chi connectivity index (χ2n) is 7.01. The highest BCUT2D eigenvalue weighted by Crippen LogP contribution is 2.15. The maximum absolute atomic E-state index is 13.6. The minimum Gasteiger partial charge on any atom is -0.357 e. The number of hydrogen-bond donors (Lipinski definition) is 2. The summed E-state index contributed by atoms with van der Waals surface area (Å²) in [5.74, 6) is 0.160. The fraction of sp³-hybridized carbons (Fsp3) is 0.632. The van der Waals surface area contributed by atoms with E-state index in [1.807, 2.05) is 6.92 Å². The number of sulfone groups is 1. The Morgan fingerprint density at radius 3 is 2.57 bits per heavy atom. The lowest BCUT2D eigenvalue weighted by Gasteiger charge is -2.16. The highest BCUT2D eigenvalue weighted by Gasteiger charge is 2.12. The van der Waals surface area contributed by atoms with Gasteiger partial charge in [-0.2, -0.15) is 0 Å². The molecule has 160 valence electrons. The Hall–Kier alpha value is -0.940. The number of nitrogens with zero attached hydrogens (tertiary/aromatic N) is 2. The van der Waals surface area contributed by atoms with Gasteiger partial charge in [-0.3, -0.25) is 0 Å². The van der Waals surface area contributed by atoms with Gasteiger partial charge >= 0.3 is 0 Å². The predicted octanol–water partition coefficient (Wildman–Crippen LogP) is 2.53. The van der Waals surface area contributed by atoms with E-state index in [2.05, 4.69) is 20.5 Å². The molecule has 6 nitrogen and oxygen atoms in total. The van der Waals surface area contributed by atoms with Gasteiger partial charge in [-0.25, -0.2) is 17.8 Å². The second kappa shape index (κ2) is 12.6. The Morgan fingerprint density at radius 2 is 1.93 bits per heavy atom. The molecule has 2 N–H and O–H groups in total. The van der Waals surface area contributed by atoms with Crippen LogP contribution < -0.4 is 10.6 Å². The van der Waals surface area contributed by atoms with E-state index in [-0.39, 0.29) is 42.1 Å². The van der Waals surface area contributed by atoms with Gasteiger partial charge < -0.3 is 15.5 Å². The number of nitrogens with one attached hydrogen (secondary N) is 2.